The predicted octanol–water partition coefficient (Wildman–Crippen LogP) is 2.05. The molecule has 1 saturated heterocycles. The zero-order chi connectivity index (χ0) is 25.8. The first kappa shape index (κ1) is 27.2. The molecule has 2 aromatic rings. The number of carbonyl (C=O) groups is 4. The summed E-state index contributed by atoms with van der Waals surface area (Å²) in [5.74, 6) is -5.36. The number of H-pyrrole nitrogens is 1. The van der Waals surface area contributed by atoms with Crippen LogP contribution in [0.1, 0.15) is 35.9 Å². The number of benzene rings is 1. The monoisotopic (exact) mass is 486 g/mol. The summed E-state index contributed by atoms with van der Waals surface area (Å²) >= 11 is 0. The number of carbonyl (C=O) groups excluding carboxylic acids is 2. The maximum Gasteiger partial charge on any atom is 0.490 e. The first-order valence-electron chi connectivity index (χ1n) is 8.58. The lowest BCUT2D eigenvalue weighted by Crippen LogP contribution is -2.36. The number of amides is 2. The summed E-state index contributed by atoms with van der Waals surface area (Å²) in [5.41, 5.74) is 6.50. The number of aliphatic carboxylic acids is 2. The molecule has 0 saturated carbocycles. The first-order valence-corrected chi connectivity index (χ1v) is 8.58. The van der Waals surface area contributed by atoms with E-state index in [1.54, 1.807) is 12.1 Å². The molecule has 0 unspecified atom stereocenters. The highest BCUT2D eigenvalue weighted by molar-refractivity contribution is 6.04. The SMILES string of the molecule is C[C@]1(c2nc3c(C(N)=O)cccc3[nH]2)CCC(=O)N1.O=C(O)C(F)(F)F.O=C(O)C(F)(F)F. The fraction of sp³-hybridized carbons (Fsp3) is 0.353. The summed E-state index contributed by atoms with van der Waals surface area (Å²) in [6, 6.07) is 5.23. The Labute approximate surface area is 179 Å². The molecule has 6 N–H and O–H groups in total. The Morgan fingerprint density at radius 1 is 1.06 bits per heavy atom. The second kappa shape index (κ2) is 9.74. The number of nitrogens with two attached hydrogens (primary N) is 1. The van der Waals surface area contributed by atoms with Crippen molar-refractivity contribution in [3.8, 4) is 0 Å². The number of fused-ring (bicyclic) bond motifs is 1. The van der Waals surface area contributed by atoms with Gasteiger partial charge in [-0.15, -0.1) is 0 Å². The first-order chi connectivity index (χ1) is 14.9. The zero-order valence-electron chi connectivity index (χ0n) is 16.5. The minimum atomic E-state index is -5.08. The molecule has 3 rings (SSSR count). The van der Waals surface area contributed by atoms with Crippen molar-refractivity contribution in [1.29, 1.82) is 0 Å². The summed E-state index contributed by atoms with van der Waals surface area (Å²) in [4.78, 5) is 48.2. The molecule has 0 bridgehead atoms. The number of para-hydroxylation sites is 1. The van der Waals surface area contributed by atoms with Crippen molar-refractivity contribution >= 4 is 34.8 Å². The average Bonchev–Trinajstić information content (AvgIpc) is 3.25. The van der Waals surface area contributed by atoms with Crippen LogP contribution >= 0.6 is 0 Å². The number of nitrogens with one attached hydrogen (secondary N) is 2. The van der Waals surface area contributed by atoms with Crippen LogP contribution in [0.15, 0.2) is 18.2 Å². The molecular weight excluding hydrogens is 470 g/mol. The van der Waals surface area contributed by atoms with Crippen molar-refractivity contribution in [3.05, 3.63) is 29.6 Å². The molecule has 2 heterocycles. The Bertz CT molecular complexity index is 1040. The van der Waals surface area contributed by atoms with Crippen LogP contribution in [-0.4, -0.2) is 56.3 Å². The number of nitrogens with zero attached hydrogens (tertiary/aromatic N) is 1. The third-order valence-electron chi connectivity index (χ3n) is 4.05. The number of hydrogen-bond donors (Lipinski definition) is 5. The zero-order valence-corrected chi connectivity index (χ0v) is 16.5. The highest BCUT2D eigenvalue weighted by atomic mass is 19.4. The van der Waals surface area contributed by atoms with Gasteiger partial charge in [0, 0.05) is 6.42 Å². The van der Waals surface area contributed by atoms with Crippen LogP contribution in [0.2, 0.25) is 0 Å². The molecule has 1 fully saturated rings. The maximum atomic E-state index is 11.4. The fourth-order valence-corrected chi connectivity index (χ4v) is 2.47. The smallest absolute Gasteiger partial charge is 0.475 e. The van der Waals surface area contributed by atoms with Crippen LogP contribution in [0.4, 0.5) is 26.3 Å². The van der Waals surface area contributed by atoms with Gasteiger partial charge in [-0.1, -0.05) is 6.07 Å². The fourth-order valence-electron chi connectivity index (χ4n) is 2.47. The topological polar surface area (TPSA) is 175 Å². The Morgan fingerprint density at radius 3 is 1.91 bits per heavy atom. The molecule has 10 nitrogen and oxygen atoms in total. The molecule has 1 aromatic heterocycles. The molecule has 182 valence electrons. The van der Waals surface area contributed by atoms with Crippen molar-refractivity contribution in [3.63, 3.8) is 0 Å². The van der Waals surface area contributed by atoms with Gasteiger partial charge in [-0.3, -0.25) is 9.59 Å². The molecule has 1 aliphatic rings. The molecule has 0 spiro atoms. The van der Waals surface area contributed by atoms with Crippen LogP contribution in [0.3, 0.4) is 0 Å². The van der Waals surface area contributed by atoms with Gasteiger partial charge in [-0.2, -0.15) is 26.3 Å². The lowest BCUT2D eigenvalue weighted by atomic mass is 10.00. The van der Waals surface area contributed by atoms with Crippen LogP contribution in [0.25, 0.3) is 11.0 Å². The van der Waals surface area contributed by atoms with E-state index in [1.807, 2.05) is 13.0 Å². The van der Waals surface area contributed by atoms with Crippen molar-refractivity contribution in [1.82, 2.24) is 15.3 Å². The number of primary amides is 1. The van der Waals surface area contributed by atoms with E-state index in [-0.39, 0.29) is 5.91 Å². The van der Waals surface area contributed by atoms with Gasteiger partial charge in [0.1, 0.15) is 11.3 Å². The van der Waals surface area contributed by atoms with E-state index in [2.05, 4.69) is 15.3 Å². The number of aromatic amines is 1. The molecule has 33 heavy (non-hydrogen) atoms. The van der Waals surface area contributed by atoms with Gasteiger partial charge in [0.15, 0.2) is 0 Å². The van der Waals surface area contributed by atoms with Gasteiger partial charge in [-0.05, 0) is 25.5 Å². The van der Waals surface area contributed by atoms with E-state index < -0.39 is 35.7 Å². The van der Waals surface area contributed by atoms with E-state index in [9.17, 15) is 35.9 Å². The Hall–Kier alpha value is -3.85. The third kappa shape index (κ3) is 7.36. The van der Waals surface area contributed by atoms with E-state index in [1.165, 1.54) is 0 Å². The number of rotatable bonds is 2. The van der Waals surface area contributed by atoms with Gasteiger partial charge in [0.05, 0.1) is 16.6 Å². The second-order valence-electron chi connectivity index (χ2n) is 6.64. The lowest BCUT2D eigenvalue weighted by Gasteiger charge is -2.20. The summed E-state index contributed by atoms with van der Waals surface area (Å²) in [5, 5.41) is 17.2. The van der Waals surface area contributed by atoms with Crippen molar-refractivity contribution in [2.75, 3.05) is 0 Å². The minimum Gasteiger partial charge on any atom is -0.475 e. The highest BCUT2D eigenvalue weighted by Crippen LogP contribution is 2.30. The number of alkyl halides is 6. The van der Waals surface area contributed by atoms with Gasteiger partial charge >= 0.3 is 24.3 Å². The van der Waals surface area contributed by atoms with Crippen LogP contribution < -0.4 is 11.1 Å². The average molecular weight is 486 g/mol. The number of carboxylic acids is 2. The normalized spacial score (nSPS) is 17.8. The third-order valence-corrected chi connectivity index (χ3v) is 4.05. The Balaban J connectivity index is 0.000000324. The van der Waals surface area contributed by atoms with Crippen LogP contribution in [0.5, 0.6) is 0 Å². The highest BCUT2D eigenvalue weighted by Gasteiger charge is 2.39. The van der Waals surface area contributed by atoms with Crippen molar-refractivity contribution < 1.29 is 55.7 Å². The van der Waals surface area contributed by atoms with Gasteiger partial charge in [0.25, 0.3) is 5.91 Å². The Kier molecular flexibility index (Phi) is 8.03. The molecule has 0 aliphatic carbocycles. The second-order valence-corrected chi connectivity index (χ2v) is 6.64. The Morgan fingerprint density at radius 2 is 1.55 bits per heavy atom. The van der Waals surface area contributed by atoms with E-state index in [0.29, 0.717) is 29.7 Å². The van der Waals surface area contributed by atoms with E-state index >= 15 is 0 Å². The molecule has 16 heteroatoms. The maximum absolute atomic E-state index is 11.4. The molecule has 1 aromatic carbocycles. The van der Waals surface area contributed by atoms with Gasteiger partial charge in [0.2, 0.25) is 5.91 Å². The quantitative estimate of drug-likeness (QED) is 0.404. The van der Waals surface area contributed by atoms with Crippen molar-refractivity contribution in [2.24, 2.45) is 5.73 Å². The van der Waals surface area contributed by atoms with Crippen molar-refractivity contribution in [2.45, 2.75) is 37.7 Å². The largest absolute Gasteiger partial charge is 0.490 e. The molecule has 0 radical (unpaired) electrons. The number of halogens is 6. The molecular formula is C17H16F6N4O6. The number of carboxylic acid groups (broad SMARTS) is 2. The number of imidazole rings is 1. The predicted molar refractivity (Wildman–Crippen MR) is 96.7 cm³/mol. The lowest BCUT2D eigenvalue weighted by molar-refractivity contribution is -0.193. The van der Waals surface area contributed by atoms with Gasteiger partial charge < -0.3 is 26.2 Å². The molecule has 1 aliphatic heterocycles. The van der Waals surface area contributed by atoms with E-state index in [4.69, 9.17) is 25.5 Å². The summed E-state index contributed by atoms with van der Waals surface area (Å²) in [6.45, 7) is 1.92. The summed E-state index contributed by atoms with van der Waals surface area (Å²) in [7, 11) is 0. The van der Waals surface area contributed by atoms with Gasteiger partial charge in [-0.25, -0.2) is 14.6 Å². The minimum absolute atomic E-state index is 0.0121. The number of aromatic nitrogens is 2. The summed E-state index contributed by atoms with van der Waals surface area (Å²) < 4.78 is 63.5. The number of hydrogen-bond acceptors (Lipinski definition) is 5. The standard InChI is InChI=1S/C13H14N4O2.2C2HF3O2/c1-13(6-5-9(18)17-13)12-15-8-4-2-3-7(11(14)19)10(8)16-12;2*3-2(4,5)1(6)7/h2-4H,5-6H2,1H3,(H2,14,19)(H,15,16)(H,17,18);2*(H,6,7)/t13-;;/m1../s1. The molecule has 2 amide bonds. The van der Waals surface area contributed by atoms with E-state index in [0.717, 1.165) is 5.52 Å². The van der Waals surface area contributed by atoms with Crippen LogP contribution in [0, 0.1) is 0 Å². The summed E-state index contributed by atoms with van der Waals surface area (Å²) in [6.07, 6.45) is -9.01. The van der Waals surface area contributed by atoms with Crippen LogP contribution in [-0.2, 0) is 19.9 Å². The molecule has 1 atom stereocenters.